The van der Waals surface area contributed by atoms with E-state index in [0.29, 0.717) is 28.1 Å². The smallest absolute Gasteiger partial charge is 0.350 e. The molecule has 3 rings (SSSR count). The standard InChI is InChI=1S/C19H18N2O4S/c1-4-24-18(23)17-12(2)20-19(26-17)21(3)16(22)10-9-14-11-13-7-5-6-8-15(13)25-14/h5-11H,4H2,1-3H3/b10-9+. The van der Waals surface area contributed by atoms with Gasteiger partial charge in [-0.15, -0.1) is 0 Å². The van der Waals surface area contributed by atoms with Crippen molar-refractivity contribution in [3.63, 3.8) is 0 Å². The van der Waals surface area contributed by atoms with Gasteiger partial charge in [-0.05, 0) is 32.1 Å². The highest BCUT2D eigenvalue weighted by atomic mass is 32.1. The van der Waals surface area contributed by atoms with E-state index in [9.17, 15) is 9.59 Å². The fraction of sp³-hybridized carbons (Fsp3) is 0.211. The Hall–Kier alpha value is -2.93. The van der Waals surface area contributed by atoms with Gasteiger partial charge in [0.05, 0.1) is 12.3 Å². The molecule has 0 aliphatic heterocycles. The lowest BCUT2D eigenvalue weighted by Crippen LogP contribution is -2.23. The van der Waals surface area contributed by atoms with Crippen molar-refractivity contribution in [2.45, 2.75) is 13.8 Å². The number of likely N-dealkylation sites (N-methyl/N-ethyl adjacent to an activating group) is 1. The van der Waals surface area contributed by atoms with Crippen LogP contribution in [0.1, 0.15) is 28.0 Å². The average molecular weight is 370 g/mol. The van der Waals surface area contributed by atoms with Crippen molar-refractivity contribution >= 4 is 45.4 Å². The van der Waals surface area contributed by atoms with E-state index in [2.05, 4.69) is 4.98 Å². The molecule has 0 aliphatic carbocycles. The molecule has 0 bridgehead atoms. The Morgan fingerprint density at radius 2 is 2.12 bits per heavy atom. The van der Waals surface area contributed by atoms with Gasteiger partial charge < -0.3 is 9.15 Å². The van der Waals surface area contributed by atoms with Crippen LogP contribution in [-0.2, 0) is 9.53 Å². The van der Waals surface area contributed by atoms with Crippen molar-refractivity contribution in [3.8, 4) is 0 Å². The van der Waals surface area contributed by atoms with Gasteiger partial charge in [0.1, 0.15) is 16.2 Å². The number of furan rings is 1. The minimum atomic E-state index is -0.424. The highest BCUT2D eigenvalue weighted by Crippen LogP contribution is 2.26. The molecule has 6 nitrogen and oxygen atoms in total. The second-order valence-corrected chi connectivity index (χ2v) is 6.53. The molecule has 0 unspecified atom stereocenters. The third-order valence-corrected chi connectivity index (χ3v) is 4.91. The average Bonchev–Trinajstić information content (AvgIpc) is 3.22. The molecule has 3 aromatic rings. The van der Waals surface area contributed by atoms with Gasteiger partial charge in [0, 0.05) is 18.5 Å². The van der Waals surface area contributed by atoms with E-state index in [4.69, 9.17) is 9.15 Å². The van der Waals surface area contributed by atoms with E-state index >= 15 is 0 Å². The number of aryl methyl sites for hydroxylation is 1. The Bertz CT molecular complexity index is 954. The molecule has 26 heavy (non-hydrogen) atoms. The number of benzene rings is 1. The van der Waals surface area contributed by atoms with Crippen LogP contribution in [0.5, 0.6) is 0 Å². The predicted molar refractivity (Wildman–Crippen MR) is 101 cm³/mol. The lowest BCUT2D eigenvalue weighted by Gasteiger charge is -2.10. The summed E-state index contributed by atoms with van der Waals surface area (Å²) in [4.78, 5) is 30.4. The molecule has 2 aromatic heterocycles. The number of anilines is 1. The quantitative estimate of drug-likeness (QED) is 0.500. The normalized spacial score (nSPS) is 11.2. The molecule has 134 valence electrons. The Balaban J connectivity index is 1.75. The van der Waals surface area contributed by atoms with Gasteiger partial charge >= 0.3 is 5.97 Å². The number of nitrogens with zero attached hydrogens (tertiary/aromatic N) is 2. The molecular weight excluding hydrogens is 352 g/mol. The number of fused-ring (bicyclic) bond motifs is 1. The van der Waals surface area contributed by atoms with E-state index in [-0.39, 0.29) is 5.91 Å². The third-order valence-electron chi connectivity index (χ3n) is 3.70. The minimum Gasteiger partial charge on any atom is -0.462 e. The number of para-hydroxylation sites is 1. The first kappa shape index (κ1) is 17.9. The lowest BCUT2D eigenvalue weighted by molar-refractivity contribution is -0.113. The van der Waals surface area contributed by atoms with Crippen LogP contribution in [0.4, 0.5) is 5.13 Å². The van der Waals surface area contributed by atoms with Crippen LogP contribution in [0.2, 0.25) is 0 Å². The number of ether oxygens (including phenoxy) is 1. The second-order valence-electron chi connectivity index (χ2n) is 5.55. The summed E-state index contributed by atoms with van der Waals surface area (Å²) in [7, 11) is 1.61. The number of hydrogen-bond acceptors (Lipinski definition) is 6. The summed E-state index contributed by atoms with van der Waals surface area (Å²) in [5.74, 6) is -0.0995. The SMILES string of the molecule is CCOC(=O)c1sc(N(C)C(=O)/C=C/c2cc3ccccc3o2)nc1C. The Labute approximate surface area is 154 Å². The van der Waals surface area contributed by atoms with Gasteiger partial charge in [-0.2, -0.15) is 0 Å². The summed E-state index contributed by atoms with van der Waals surface area (Å²) >= 11 is 1.13. The number of amides is 1. The topological polar surface area (TPSA) is 72.6 Å². The molecule has 1 amide bonds. The molecule has 0 N–H and O–H groups in total. The van der Waals surface area contributed by atoms with E-state index in [0.717, 1.165) is 22.3 Å². The maximum Gasteiger partial charge on any atom is 0.350 e. The van der Waals surface area contributed by atoms with E-state index in [1.165, 1.54) is 11.0 Å². The summed E-state index contributed by atoms with van der Waals surface area (Å²) in [5.41, 5.74) is 1.31. The number of carbonyl (C=O) groups excluding carboxylic acids is 2. The Morgan fingerprint density at radius 3 is 2.85 bits per heavy atom. The number of aromatic nitrogens is 1. The summed E-state index contributed by atoms with van der Waals surface area (Å²) in [6, 6.07) is 9.50. The van der Waals surface area contributed by atoms with Crippen molar-refractivity contribution in [2.24, 2.45) is 0 Å². The summed E-state index contributed by atoms with van der Waals surface area (Å²) in [5, 5.41) is 1.41. The molecule has 0 saturated carbocycles. The number of thiazole rings is 1. The molecule has 0 aliphatic rings. The maximum atomic E-state index is 12.4. The maximum absolute atomic E-state index is 12.4. The highest BCUT2D eigenvalue weighted by Gasteiger charge is 2.20. The van der Waals surface area contributed by atoms with Crippen LogP contribution in [0, 0.1) is 6.92 Å². The summed E-state index contributed by atoms with van der Waals surface area (Å²) in [6.45, 7) is 3.75. The summed E-state index contributed by atoms with van der Waals surface area (Å²) in [6.07, 6.45) is 3.03. The van der Waals surface area contributed by atoms with E-state index in [1.54, 1.807) is 27.0 Å². The molecular formula is C19H18N2O4S. The molecule has 2 heterocycles. The van der Waals surface area contributed by atoms with Crippen molar-refractivity contribution in [2.75, 3.05) is 18.6 Å². The Kier molecular flexibility index (Phi) is 5.18. The second kappa shape index (κ2) is 7.53. The fourth-order valence-electron chi connectivity index (χ4n) is 2.36. The monoisotopic (exact) mass is 370 g/mol. The predicted octanol–water partition coefficient (Wildman–Crippen LogP) is 4.05. The fourth-order valence-corrected chi connectivity index (χ4v) is 3.28. The van der Waals surface area contributed by atoms with Crippen LogP contribution in [-0.4, -0.2) is 30.5 Å². The van der Waals surface area contributed by atoms with Gasteiger partial charge in [-0.25, -0.2) is 9.78 Å². The first-order chi connectivity index (χ1) is 12.5. The number of rotatable bonds is 5. The molecule has 0 fully saturated rings. The van der Waals surface area contributed by atoms with Crippen LogP contribution in [0.3, 0.4) is 0 Å². The summed E-state index contributed by atoms with van der Waals surface area (Å²) < 4.78 is 10.7. The van der Waals surface area contributed by atoms with Gasteiger partial charge in [0.25, 0.3) is 5.91 Å². The molecule has 0 spiro atoms. The van der Waals surface area contributed by atoms with Crippen molar-refractivity contribution < 1.29 is 18.7 Å². The van der Waals surface area contributed by atoms with Gasteiger partial charge in [0.15, 0.2) is 5.13 Å². The molecule has 1 aromatic carbocycles. The van der Waals surface area contributed by atoms with Crippen molar-refractivity contribution in [1.29, 1.82) is 0 Å². The number of hydrogen-bond donors (Lipinski definition) is 0. The number of carbonyl (C=O) groups is 2. The molecule has 0 atom stereocenters. The first-order valence-corrected chi connectivity index (χ1v) is 8.90. The Morgan fingerprint density at radius 1 is 1.35 bits per heavy atom. The molecule has 7 heteroatoms. The van der Waals surface area contributed by atoms with Crippen molar-refractivity contribution in [3.05, 3.63) is 52.7 Å². The largest absolute Gasteiger partial charge is 0.462 e. The van der Waals surface area contributed by atoms with Gasteiger partial charge in [0.2, 0.25) is 0 Å². The van der Waals surface area contributed by atoms with Gasteiger partial charge in [-0.1, -0.05) is 29.5 Å². The van der Waals surface area contributed by atoms with Crippen LogP contribution in [0.25, 0.3) is 17.0 Å². The zero-order chi connectivity index (χ0) is 18.7. The van der Waals surface area contributed by atoms with E-state index < -0.39 is 5.97 Å². The van der Waals surface area contributed by atoms with Gasteiger partial charge in [-0.3, -0.25) is 9.69 Å². The van der Waals surface area contributed by atoms with E-state index in [1.807, 2.05) is 30.3 Å². The van der Waals surface area contributed by atoms with Crippen LogP contribution in [0.15, 0.2) is 40.8 Å². The highest BCUT2D eigenvalue weighted by molar-refractivity contribution is 7.17. The molecule has 0 saturated heterocycles. The van der Waals surface area contributed by atoms with Crippen LogP contribution >= 0.6 is 11.3 Å². The van der Waals surface area contributed by atoms with Crippen molar-refractivity contribution in [1.82, 2.24) is 4.98 Å². The first-order valence-electron chi connectivity index (χ1n) is 8.08. The zero-order valence-electron chi connectivity index (χ0n) is 14.7. The zero-order valence-corrected chi connectivity index (χ0v) is 15.5. The van der Waals surface area contributed by atoms with Crippen LogP contribution < -0.4 is 4.90 Å². The minimum absolute atomic E-state index is 0.269. The lowest BCUT2D eigenvalue weighted by atomic mass is 10.2. The third kappa shape index (κ3) is 3.67. The number of esters is 1. The molecule has 0 radical (unpaired) electrons.